The number of fused-ring (bicyclic) bond motifs is 1. The summed E-state index contributed by atoms with van der Waals surface area (Å²) in [6.07, 6.45) is 5.69. The normalized spacial score (nSPS) is 13.9. The van der Waals surface area contributed by atoms with Gasteiger partial charge >= 0.3 is 5.97 Å². The van der Waals surface area contributed by atoms with Crippen LogP contribution in [-0.4, -0.2) is 24.1 Å². The summed E-state index contributed by atoms with van der Waals surface area (Å²) in [6, 6.07) is 0. The first kappa shape index (κ1) is 17.7. The van der Waals surface area contributed by atoms with E-state index in [-0.39, 0.29) is 5.91 Å². The average Bonchev–Trinajstić information content (AvgIpc) is 3.05. The van der Waals surface area contributed by atoms with E-state index in [0.717, 1.165) is 37.7 Å². The monoisotopic (exact) mass is 362 g/mol. The molecule has 1 N–H and O–H groups in total. The van der Waals surface area contributed by atoms with Gasteiger partial charge in [-0.15, -0.1) is 11.3 Å². The number of aryl methyl sites for hydroxylation is 3. The van der Waals surface area contributed by atoms with Crippen molar-refractivity contribution in [3.8, 4) is 0 Å². The highest BCUT2D eigenvalue weighted by molar-refractivity contribution is 7.17. The van der Waals surface area contributed by atoms with Crippen molar-refractivity contribution in [3.63, 3.8) is 0 Å². The number of esters is 1. The third kappa shape index (κ3) is 3.33. The number of carbonyl (C=O) groups is 2. The van der Waals surface area contributed by atoms with Crippen LogP contribution in [0.25, 0.3) is 0 Å². The van der Waals surface area contributed by atoms with Crippen molar-refractivity contribution in [3.05, 3.63) is 33.0 Å². The predicted octanol–water partition coefficient (Wildman–Crippen LogP) is 3.91. The molecule has 0 aliphatic heterocycles. The number of methoxy groups -OCH3 is 1. The number of thiophene rings is 1. The van der Waals surface area contributed by atoms with Crippen LogP contribution in [0.5, 0.6) is 0 Å². The van der Waals surface area contributed by atoms with Crippen LogP contribution in [0.1, 0.15) is 68.8 Å². The van der Waals surface area contributed by atoms with Crippen LogP contribution >= 0.6 is 11.3 Å². The minimum atomic E-state index is -0.396. The molecule has 134 valence electrons. The molecule has 2 aromatic heterocycles. The predicted molar refractivity (Wildman–Crippen MR) is 95.5 cm³/mol. The van der Waals surface area contributed by atoms with E-state index in [1.54, 1.807) is 6.92 Å². The lowest BCUT2D eigenvalue weighted by molar-refractivity contribution is 0.0601. The molecular formula is C18H22N2O4S. The summed E-state index contributed by atoms with van der Waals surface area (Å²) in [5, 5.41) is 7.39. The SMILES string of the molecule is CCc1noc(C)c1C(=O)Nc1sc2c(c1C(=O)OC)CCCCC2. The Bertz CT molecular complexity index is 806. The molecule has 2 aromatic rings. The maximum atomic E-state index is 12.8. The largest absolute Gasteiger partial charge is 0.465 e. The summed E-state index contributed by atoms with van der Waals surface area (Å²) in [5.74, 6) is -0.211. The van der Waals surface area contributed by atoms with Gasteiger partial charge in [0.05, 0.1) is 18.4 Å². The van der Waals surface area contributed by atoms with Gasteiger partial charge in [0.25, 0.3) is 5.91 Å². The molecule has 1 aliphatic rings. The van der Waals surface area contributed by atoms with Gasteiger partial charge in [-0.25, -0.2) is 4.79 Å². The van der Waals surface area contributed by atoms with Crippen LogP contribution in [0, 0.1) is 6.92 Å². The highest BCUT2D eigenvalue weighted by Crippen LogP contribution is 2.38. The van der Waals surface area contributed by atoms with E-state index in [1.165, 1.54) is 23.3 Å². The molecule has 0 unspecified atom stereocenters. The van der Waals surface area contributed by atoms with Gasteiger partial charge < -0.3 is 14.6 Å². The van der Waals surface area contributed by atoms with Crippen molar-refractivity contribution in [2.45, 2.75) is 52.4 Å². The highest BCUT2D eigenvalue weighted by Gasteiger charge is 2.28. The maximum absolute atomic E-state index is 12.8. The van der Waals surface area contributed by atoms with Crippen molar-refractivity contribution in [2.24, 2.45) is 0 Å². The number of amides is 1. The molecule has 1 amide bonds. The highest BCUT2D eigenvalue weighted by atomic mass is 32.1. The van der Waals surface area contributed by atoms with E-state index >= 15 is 0 Å². The molecule has 7 heteroatoms. The number of rotatable bonds is 4. The number of carbonyl (C=O) groups excluding carboxylic acids is 2. The molecule has 25 heavy (non-hydrogen) atoms. The van der Waals surface area contributed by atoms with Gasteiger partial charge in [-0.3, -0.25) is 4.79 Å². The third-order valence-electron chi connectivity index (χ3n) is 4.53. The number of nitrogens with zero attached hydrogens (tertiary/aromatic N) is 1. The van der Waals surface area contributed by atoms with Crippen LogP contribution in [-0.2, 0) is 24.0 Å². The molecule has 0 aromatic carbocycles. The van der Waals surface area contributed by atoms with Gasteiger partial charge in [0.15, 0.2) is 0 Å². The van der Waals surface area contributed by atoms with Gasteiger partial charge in [0.2, 0.25) is 0 Å². The number of anilines is 1. The summed E-state index contributed by atoms with van der Waals surface area (Å²) < 4.78 is 10.1. The summed E-state index contributed by atoms with van der Waals surface area (Å²) in [7, 11) is 1.37. The molecule has 1 aliphatic carbocycles. The Kier molecular flexibility index (Phi) is 5.22. The standard InChI is InChI=1S/C18H22N2O4S/c1-4-12-14(10(2)24-20-12)16(21)19-17-15(18(22)23-3)11-8-6-5-7-9-13(11)25-17/h4-9H2,1-3H3,(H,19,21). The zero-order valence-corrected chi connectivity index (χ0v) is 15.5. The average molecular weight is 362 g/mol. The smallest absolute Gasteiger partial charge is 0.341 e. The number of nitrogens with one attached hydrogen (secondary N) is 1. The number of hydrogen-bond acceptors (Lipinski definition) is 6. The van der Waals surface area contributed by atoms with E-state index in [2.05, 4.69) is 10.5 Å². The maximum Gasteiger partial charge on any atom is 0.341 e. The van der Waals surface area contributed by atoms with E-state index in [4.69, 9.17) is 9.26 Å². The Labute approximate surface area is 150 Å². The van der Waals surface area contributed by atoms with E-state index in [9.17, 15) is 9.59 Å². The molecule has 0 saturated carbocycles. The molecule has 6 nitrogen and oxygen atoms in total. The molecule has 0 spiro atoms. The van der Waals surface area contributed by atoms with Crippen LogP contribution in [0.3, 0.4) is 0 Å². The summed E-state index contributed by atoms with van der Waals surface area (Å²) >= 11 is 1.48. The Morgan fingerprint density at radius 3 is 2.72 bits per heavy atom. The number of ether oxygens (including phenoxy) is 1. The van der Waals surface area contributed by atoms with E-state index < -0.39 is 5.97 Å². The molecule has 0 radical (unpaired) electrons. The molecule has 0 fully saturated rings. The lowest BCUT2D eigenvalue weighted by Crippen LogP contribution is -2.16. The zero-order chi connectivity index (χ0) is 18.0. The van der Waals surface area contributed by atoms with E-state index in [1.807, 2.05) is 6.92 Å². The molecule has 0 bridgehead atoms. The fraction of sp³-hybridized carbons (Fsp3) is 0.500. The van der Waals surface area contributed by atoms with Gasteiger partial charge in [-0.1, -0.05) is 18.5 Å². The minimum Gasteiger partial charge on any atom is -0.465 e. The number of aromatic nitrogens is 1. The second kappa shape index (κ2) is 7.39. The fourth-order valence-corrected chi connectivity index (χ4v) is 4.54. The topological polar surface area (TPSA) is 81.4 Å². The second-order valence-corrected chi connectivity index (χ2v) is 7.23. The lowest BCUT2D eigenvalue weighted by Gasteiger charge is -2.07. The summed E-state index contributed by atoms with van der Waals surface area (Å²) in [4.78, 5) is 26.3. The van der Waals surface area contributed by atoms with Crippen molar-refractivity contribution < 1.29 is 18.8 Å². The van der Waals surface area contributed by atoms with Crippen molar-refractivity contribution in [2.75, 3.05) is 12.4 Å². The van der Waals surface area contributed by atoms with Gasteiger partial charge in [0.1, 0.15) is 16.3 Å². The Hall–Kier alpha value is -2.15. The second-order valence-electron chi connectivity index (χ2n) is 6.13. The van der Waals surface area contributed by atoms with Crippen molar-refractivity contribution in [1.29, 1.82) is 0 Å². The first-order valence-electron chi connectivity index (χ1n) is 8.56. The summed E-state index contributed by atoms with van der Waals surface area (Å²) in [6.45, 7) is 3.63. The quantitative estimate of drug-likeness (QED) is 0.659. The van der Waals surface area contributed by atoms with Gasteiger partial charge in [-0.05, 0) is 44.6 Å². The Morgan fingerprint density at radius 2 is 2.00 bits per heavy atom. The molecular weight excluding hydrogens is 340 g/mol. The van der Waals surface area contributed by atoms with Crippen LogP contribution in [0.15, 0.2) is 4.52 Å². The number of hydrogen-bond donors (Lipinski definition) is 1. The van der Waals surface area contributed by atoms with Crippen molar-refractivity contribution >= 4 is 28.2 Å². The van der Waals surface area contributed by atoms with Crippen LogP contribution < -0.4 is 5.32 Å². The van der Waals surface area contributed by atoms with Gasteiger partial charge in [0, 0.05) is 4.88 Å². The van der Waals surface area contributed by atoms with Crippen LogP contribution in [0.4, 0.5) is 5.00 Å². The minimum absolute atomic E-state index is 0.294. The third-order valence-corrected chi connectivity index (χ3v) is 5.74. The zero-order valence-electron chi connectivity index (χ0n) is 14.7. The Morgan fingerprint density at radius 1 is 1.24 bits per heavy atom. The Balaban J connectivity index is 1.98. The summed E-state index contributed by atoms with van der Waals surface area (Å²) in [5.41, 5.74) is 2.60. The van der Waals surface area contributed by atoms with Crippen molar-refractivity contribution in [1.82, 2.24) is 5.16 Å². The fourth-order valence-electron chi connectivity index (χ4n) is 3.26. The van der Waals surface area contributed by atoms with E-state index in [0.29, 0.717) is 34.0 Å². The van der Waals surface area contributed by atoms with Crippen LogP contribution in [0.2, 0.25) is 0 Å². The first-order chi connectivity index (χ1) is 12.1. The molecule has 0 saturated heterocycles. The molecule has 0 atom stereocenters. The first-order valence-corrected chi connectivity index (χ1v) is 9.37. The van der Waals surface area contributed by atoms with Gasteiger partial charge in [-0.2, -0.15) is 0 Å². The molecule has 3 rings (SSSR count). The molecule has 2 heterocycles. The lowest BCUT2D eigenvalue weighted by atomic mass is 10.1.